The average Bonchev–Trinajstić information content (AvgIpc) is 2.68. The van der Waals surface area contributed by atoms with Gasteiger partial charge in [-0.2, -0.15) is 0 Å². The van der Waals surface area contributed by atoms with Gasteiger partial charge < -0.3 is 24.8 Å². The molecular formula is C17H18N6O3. The predicted molar refractivity (Wildman–Crippen MR) is 96.7 cm³/mol. The van der Waals surface area contributed by atoms with Crippen molar-refractivity contribution in [2.75, 3.05) is 32.0 Å². The lowest BCUT2D eigenvalue weighted by atomic mass is 10.2. The van der Waals surface area contributed by atoms with Gasteiger partial charge in [0.1, 0.15) is 30.1 Å². The first kappa shape index (κ1) is 17.2. The highest BCUT2D eigenvalue weighted by Crippen LogP contribution is 2.40. The molecule has 2 heterocycles. The number of aromatic nitrogens is 4. The standard InChI is InChI=1S/C17H18N6O3/c1-24-12-6-11(7-13(25-2)17(12)26-3)22-15-8-16(21-10-20-15)23-14-4-5-18-9-19-14/h4-10H,1-3H3,(H2,18,19,20,21,22,23). The zero-order valence-electron chi connectivity index (χ0n) is 14.6. The second kappa shape index (κ2) is 7.97. The fraction of sp³-hybridized carbons (Fsp3) is 0.176. The highest BCUT2D eigenvalue weighted by Gasteiger charge is 2.13. The van der Waals surface area contributed by atoms with Crippen molar-refractivity contribution in [3.8, 4) is 17.2 Å². The Hall–Kier alpha value is -3.62. The second-order valence-electron chi connectivity index (χ2n) is 5.05. The smallest absolute Gasteiger partial charge is 0.203 e. The first-order chi connectivity index (χ1) is 12.7. The molecule has 0 saturated carbocycles. The van der Waals surface area contributed by atoms with Crippen LogP contribution in [0.5, 0.6) is 17.2 Å². The van der Waals surface area contributed by atoms with E-state index in [1.54, 1.807) is 51.8 Å². The van der Waals surface area contributed by atoms with Gasteiger partial charge in [-0.25, -0.2) is 19.9 Å². The number of anilines is 4. The summed E-state index contributed by atoms with van der Waals surface area (Å²) < 4.78 is 16.0. The lowest BCUT2D eigenvalue weighted by Crippen LogP contribution is -2.01. The van der Waals surface area contributed by atoms with Gasteiger partial charge in [-0.3, -0.25) is 0 Å². The lowest BCUT2D eigenvalue weighted by molar-refractivity contribution is 0.324. The quantitative estimate of drug-likeness (QED) is 0.663. The van der Waals surface area contributed by atoms with Crippen LogP contribution in [-0.4, -0.2) is 41.3 Å². The van der Waals surface area contributed by atoms with E-state index in [1.807, 2.05) is 0 Å². The Labute approximate surface area is 150 Å². The fourth-order valence-electron chi connectivity index (χ4n) is 2.29. The van der Waals surface area contributed by atoms with Gasteiger partial charge in [-0.15, -0.1) is 0 Å². The summed E-state index contributed by atoms with van der Waals surface area (Å²) in [5.74, 6) is 3.43. The number of hydrogen-bond donors (Lipinski definition) is 2. The maximum atomic E-state index is 5.36. The molecule has 0 radical (unpaired) electrons. The first-order valence-electron chi connectivity index (χ1n) is 7.65. The van der Waals surface area contributed by atoms with Crippen LogP contribution in [-0.2, 0) is 0 Å². The number of methoxy groups -OCH3 is 3. The summed E-state index contributed by atoms with van der Waals surface area (Å²) in [5, 5.41) is 6.27. The fourth-order valence-corrected chi connectivity index (χ4v) is 2.29. The van der Waals surface area contributed by atoms with Crippen LogP contribution >= 0.6 is 0 Å². The number of rotatable bonds is 7. The summed E-state index contributed by atoms with van der Waals surface area (Å²) >= 11 is 0. The summed E-state index contributed by atoms with van der Waals surface area (Å²) in [6.45, 7) is 0. The molecule has 3 rings (SSSR count). The zero-order valence-corrected chi connectivity index (χ0v) is 14.6. The maximum Gasteiger partial charge on any atom is 0.203 e. The van der Waals surface area contributed by atoms with Crippen LogP contribution < -0.4 is 24.8 Å². The van der Waals surface area contributed by atoms with E-state index in [0.717, 1.165) is 5.69 Å². The molecule has 0 aliphatic heterocycles. The van der Waals surface area contributed by atoms with Crippen LogP contribution in [0.2, 0.25) is 0 Å². The Morgan fingerprint density at radius 3 is 1.96 bits per heavy atom. The van der Waals surface area contributed by atoms with Crippen LogP contribution in [0.3, 0.4) is 0 Å². The molecule has 2 aromatic heterocycles. The number of ether oxygens (including phenoxy) is 3. The van der Waals surface area contributed by atoms with E-state index >= 15 is 0 Å². The van der Waals surface area contributed by atoms with Gasteiger partial charge in [-0.1, -0.05) is 0 Å². The summed E-state index contributed by atoms with van der Waals surface area (Å²) in [5.41, 5.74) is 0.728. The van der Waals surface area contributed by atoms with E-state index in [9.17, 15) is 0 Å². The Balaban J connectivity index is 1.84. The van der Waals surface area contributed by atoms with Crippen molar-refractivity contribution < 1.29 is 14.2 Å². The van der Waals surface area contributed by atoms with Crippen molar-refractivity contribution >= 4 is 23.1 Å². The molecule has 0 atom stereocenters. The Bertz CT molecular complexity index is 850. The van der Waals surface area contributed by atoms with E-state index in [0.29, 0.717) is 34.7 Å². The number of hydrogen-bond acceptors (Lipinski definition) is 9. The molecule has 9 nitrogen and oxygen atoms in total. The third-order valence-electron chi connectivity index (χ3n) is 3.44. The number of nitrogens with zero attached hydrogens (tertiary/aromatic N) is 4. The summed E-state index contributed by atoms with van der Waals surface area (Å²) in [6, 6.07) is 7.08. The third kappa shape index (κ3) is 3.89. The molecule has 134 valence electrons. The highest BCUT2D eigenvalue weighted by atomic mass is 16.5. The molecule has 0 spiro atoms. The van der Waals surface area contributed by atoms with Crippen molar-refractivity contribution in [2.24, 2.45) is 0 Å². The Morgan fingerprint density at radius 2 is 1.38 bits per heavy atom. The van der Waals surface area contributed by atoms with Crippen LogP contribution in [0.25, 0.3) is 0 Å². The highest BCUT2D eigenvalue weighted by molar-refractivity contribution is 5.68. The monoisotopic (exact) mass is 354 g/mol. The van der Waals surface area contributed by atoms with Gasteiger partial charge in [0.05, 0.1) is 21.3 Å². The molecule has 3 aromatic rings. The third-order valence-corrected chi connectivity index (χ3v) is 3.44. The lowest BCUT2D eigenvalue weighted by Gasteiger charge is -2.15. The second-order valence-corrected chi connectivity index (χ2v) is 5.05. The molecule has 2 N–H and O–H groups in total. The molecule has 0 fully saturated rings. The van der Waals surface area contributed by atoms with Crippen LogP contribution in [0.15, 0.2) is 43.1 Å². The zero-order chi connectivity index (χ0) is 18.4. The van der Waals surface area contributed by atoms with Gasteiger partial charge in [0, 0.05) is 30.1 Å². The molecule has 0 amide bonds. The van der Waals surface area contributed by atoms with Crippen molar-refractivity contribution in [3.63, 3.8) is 0 Å². The predicted octanol–water partition coefficient (Wildman–Crippen LogP) is 2.78. The molecule has 1 aromatic carbocycles. The van der Waals surface area contributed by atoms with Gasteiger partial charge in [0.2, 0.25) is 5.75 Å². The number of nitrogens with one attached hydrogen (secondary N) is 2. The molecular weight excluding hydrogens is 336 g/mol. The van der Waals surface area contributed by atoms with E-state index < -0.39 is 0 Å². The normalized spacial score (nSPS) is 10.1. The minimum Gasteiger partial charge on any atom is -0.493 e. The molecule has 0 aliphatic rings. The van der Waals surface area contributed by atoms with Crippen LogP contribution in [0, 0.1) is 0 Å². The van der Waals surface area contributed by atoms with Crippen LogP contribution in [0.4, 0.5) is 23.1 Å². The van der Waals surface area contributed by atoms with Gasteiger partial charge >= 0.3 is 0 Å². The van der Waals surface area contributed by atoms with E-state index in [2.05, 4.69) is 30.6 Å². The van der Waals surface area contributed by atoms with Gasteiger partial charge in [-0.05, 0) is 6.07 Å². The molecule has 0 saturated heterocycles. The van der Waals surface area contributed by atoms with Crippen molar-refractivity contribution in [1.29, 1.82) is 0 Å². The van der Waals surface area contributed by atoms with E-state index in [4.69, 9.17) is 14.2 Å². The molecule has 9 heteroatoms. The van der Waals surface area contributed by atoms with Crippen molar-refractivity contribution in [1.82, 2.24) is 19.9 Å². The Morgan fingerprint density at radius 1 is 0.731 bits per heavy atom. The summed E-state index contributed by atoms with van der Waals surface area (Å²) in [7, 11) is 4.69. The summed E-state index contributed by atoms with van der Waals surface area (Å²) in [4.78, 5) is 16.4. The van der Waals surface area contributed by atoms with E-state index in [-0.39, 0.29) is 0 Å². The maximum absolute atomic E-state index is 5.36. The number of benzene rings is 1. The van der Waals surface area contributed by atoms with E-state index in [1.165, 1.54) is 12.7 Å². The van der Waals surface area contributed by atoms with Gasteiger partial charge in [0.15, 0.2) is 11.5 Å². The van der Waals surface area contributed by atoms with Crippen molar-refractivity contribution in [3.05, 3.63) is 43.1 Å². The first-order valence-corrected chi connectivity index (χ1v) is 7.65. The minimum atomic E-state index is 0.523. The topological polar surface area (TPSA) is 103 Å². The minimum absolute atomic E-state index is 0.523. The molecule has 0 unspecified atom stereocenters. The largest absolute Gasteiger partial charge is 0.493 e. The SMILES string of the molecule is COc1cc(Nc2cc(Nc3ccncn3)ncn2)cc(OC)c1OC. The molecule has 0 bridgehead atoms. The average molecular weight is 354 g/mol. The van der Waals surface area contributed by atoms with Gasteiger partial charge in [0.25, 0.3) is 0 Å². The Kier molecular flexibility index (Phi) is 5.28. The molecule has 26 heavy (non-hydrogen) atoms. The summed E-state index contributed by atoms with van der Waals surface area (Å²) in [6.07, 6.45) is 4.55. The van der Waals surface area contributed by atoms with Crippen molar-refractivity contribution in [2.45, 2.75) is 0 Å². The van der Waals surface area contributed by atoms with Crippen LogP contribution in [0.1, 0.15) is 0 Å². The molecule has 0 aliphatic carbocycles.